The maximum absolute atomic E-state index is 11.8. The number of benzene rings is 2. The van der Waals surface area contributed by atoms with Crippen LogP contribution in [0.3, 0.4) is 0 Å². The van der Waals surface area contributed by atoms with E-state index in [1.807, 2.05) is 42.5 Å². The average Bonchev–Trinajstić information content (AvgIpc) is 3.08. The molecule has 0 bridgehead atoms. The first-order chi connectivity index (χ1) is 11.7. The number of hydrogen-bond acceptors (Lipinski definition) is 3. The normalized spacial score (nSPS) is 16.9. The summed E-state index contributed by atoms with van der Waals surface area (Å²) in [5.41, 5.74) is 2.22. The molecule has 1 N–H and O–H groups in total. The van der Waals surface area contributed by atoms with Crippen molar-refractivity contribution in [3.05, 3.63) is 64.6 Å². The lowest BCUT2D eigenvalue weighted by molar-refractivity contribution is 0.138. The molecule has 4 nitrogen and oxygen atoms in total. The molecule has 3 rings (SSSR count). The molecule has 1 unspecified atom stereocenters. The van der Waals surface area contributed by atoms with Gasteiger partial charge in [-0.15, -0.1) is 0 Å². The Hall–Kier alpha value is -2.01. The van der Waals surface area contributed by atoms with Gasteiger partial charge in [0.2, 0.25) is 0 Å². The Morgan fingerprint density at radius 3 is 2.83 bits per heavy atom. The number of nitrogens with zero attached hydrogens (tertiary/aromatic N) is 1. The SMILES string of the molecule is O=C(NCC1CCN(c2cccc(Br)c2)C1)OCc1ccccc1. The lowest BCUT2D eigenvalue weighted by Crippen LogP contribution is -2.31. The zero-order valence-corrected chi connectivity index (χ0v) is 15.0. The second-order valence-electron chi connectivity index (χ2n) is 6.02. The van der Waals surface area contributed by atoms with E-state index >= 15 is 0 Å². The van der Waals surface area contributed by atoms with E-state index in [2.05, 4.69) is 38.3 Å². The molecule has 1 fully saturated rings. The molecular weight excluding hydrogens is 368 g/mol. The van der Waals surface area contributed by atoms with Crippen molar-refractivity contribution in [3.63, 3.8) is 0 Å². The van der Waals surface area contributed by atoms with Gasteiger partial charge in [-0.1, -0.05) is 52.3 Å². The number of halogens is 1. The van der Waals surface area contributed by atoms with Crippen LogP contribution >= 0.6 is 15.9 Å². The van der Waals surface area contributed by atoms with Crippen LogP contribution in [0.5, 0.6) is 0 Å². The highest BCUT2D eigenvalue weighted by Gasteiger charge is 2.23. The van der Waals surface area contributed by atoms with E-state index in [4.69, 9.17) is 4.74 Å². The first-order valence-electron chi connectivity index (χ1n) is 8.16. The quantitative estimate of drug-likeness (QED) is 0.834. The zero-order valence-electron chi connectivity index (χ0n) is 13.5. The molecule has 1 amide bonds. The largest absolute Gasteiger partial charge is 0.445 e. The first kappa shape index (κ1) is 16.8. The van der Waals surface area contributed by atoms with Crippen LogP contribution < -0.4 is 10.2 Å². The lowest BCUT2D eigenvalue weighted by atomic mass is 10.1. The van der Waals surface area contributed by atoms with E-state index in [9.17, 15) is 4.79 Å². The Balaban J connectivity index is 1.40. The first-order valence-corrected chi connectivity index (χ1v) is 8.95. The van der Waals surface area contributed by atoms with E-state index in [-0.39, 0.29) is 6.09 Å². The Bertz CT molecular complexity index is 678. The summed E-state index contributed by atoms with van der Waals surface area (Å²) in [6.45, 7) is 2.93. The molecular formula is C19H21BrN2O2. The summed E-state index contributed by atoms with van der Waals surface area (Å²) in [5, 5.41) is 2.88. The standard InChI is InChI=1S/C19H21BrN2O2/c20-17-7-4-8-18(11-17)22-10-9-16(13-22)12-21-19(23)24-14-15-5-2-1-3-6-15/h1-8,11,16H,9-10,12-14H2,(H,21,23). The lowest BCUT2D eigenvalue weighted by Gasteiger charge is -2.19. The fourth-order valence-corrected chi connectivity index (χ4v) is 3.30. The molecule has 1 heterocycles. The van der Waals surface area contributed by atoms with E-state index in [1.165, 1.54) is 5.69 Å². The molecule has 1 saturated heterocycles. The highest BCUT2D eigenvalue weighted by atomic mass is 79.9. The van der Waals surface area contributed by atoms with Gasteiger partial charge in [-0.25, -0.2) is 4.79 Å². The molecule has 1 aliphatic rings. The Morgan fingerprint density at radius 2 is 2.04 bits per heavy atom. The predicted octanol–water partition coefficient (Wildman–Crippen LogP) is 4.20. The summed E-state index contributed by atoms with van der Waals surface area (Å²) in [4.78, 5) is 14.2. The smallest absolute Gasteiger partial charge is 0.407 e. The molecule has 0 spiro atoms. The van der Waals surface area contributed by atoms with Gasteiger partial charge in [0.1, 0.15) is 6.61 Å². The molecule has 2 aromatic carbocycles. The van der Waals surface area contributed by atoms with Crippen molar-refractivity contribution in [2.24, 2.45) is 5.92 Å². The number of nitrogens with one attached hydrogen (secondary N) is 1. The highest BCUT2D eigenvalue weighted by molar-refractivity contribution is 9.10. The number of ether oxygens (including phenoxy) is 1. The van der Waals surface area contributed by atoms with Gasteiger partial charge in [-0.2, -0.15) is 0 Å². The van der Waals surface area contributed by atoms with Gasteiger partial charge in [0.05, 0.1) is 0 Å². The Labute approximate surface area is 150 Å². The van der Waals surface area contributed by atoms with Gasteiger partial charge < -0.3 is 15.0 Å². The maximum Gasteiger partial charge on any atom is 0.407 e. The summed E-state index contributed by atoms with van der Waals surface area (Å²) in [6.07, 6.45) is 0.727. The van der Waals surface area contributed by atoms with Crippen LogP contribution in [0.4, 0.5) is 10.5 Å². The summed E-state index contributed by atoms with van der Waals surface area (Å²) < 4.78 is 6.33. The van der Waals surface area contributed by atoms with Crippen molar-refractivity contribution in [1.29, 1.82) is 0 Å². The van der Waals surface area contributed by atoms with Crippen molar-refractivity contribution >= 4 is 27.7 Å². The molecule has 0 aromatic heterocycles. The molecule has 0 saturated carbocycles. The second-order valence-corrected chi connectivity index (χ2v) is 6.94. The molecule has 24 heavy (non-hydrogen) atoms. The zero-order chi connectivity index (χ0) is 16.8. The van der Waals surface area contributed by atoms with Gasteiger partial charge in [-0.05, 0) is 36.1 Å². The number of anilines is 1. The Morgan fingerprint density at radius 1 is 1.21 bits per heavy atom. The van der Waals surface area contributed by atoms with Crippen LogP contribution in [0.2, 0.25) is 0 Å². The van der Waals surface area contributed by atoms with Gasteiger partial charge >= 0.3 is 6.09 Å². The molecule has 2 aromatic rings. The monoisotopic (exact) mass is 388 g/mol. The number of rotatable bonds is 5. The van der Waals surface area contributed by atoms with Crippen LogP contribution in [0.1, 0.15) is 12.0 Å². The van der Waals surface area contributed by atoms with E-state index in [0.717, 1.165) is 29.5 Å². The third-order valence-corrected chi connectivity index (χ3v) is 4.70. The average molecular weight is 389 g/mol. The minimum Gasteiger partial charge on any atom is -0.445 e. The van der Waals surface area contributed by atoms with E-state index in [0.29, 0.717) is 19.1 Å². The van der Waals surface area contributed by atoms with Gasteiger partial charge in [0.15, 0.2) is 0 Å². The van der Waals surface area contributed by atoms with Crippen LogP contribution in [0, 0.1) is 5.92 Å². The van der Waals surface area contributed by atoms with Crippen molar-refractivity contribution in [2.75, 3.05) is 24.5 Å². The van der Waals surface area contributed by atoms with E-state index < -0.39 is 0 Å². The third-order valence-electron chi connectivity index (χ3n) is 4.21. The predicted molar refractivity (Wildman–Crippen MR) is 99.1 cm³/mol. The molecule has 126 valence electrons. The van der Waals surface area contributed by atoms with Crippen LogP contribution in [-0.2, 0) is 11.3 Å². The van der Waals surface area contributed by atoms with Crippen molar-refractivity contribution in [3.8, 4) is 0 Å². The number of carbonyl (C=O) groups excluding carboxylic acids is 1. The fourth-order valence-electron chi connectivity index (χ4n) is 2.91. The topological polar surface area (TPSA) is 41.6 Å². The minimum atomic E-state index is -0.347. The number of alkyl carbamates (subject to hydrolysis) is 1. The summed E-state index contributed by atoms with van der Waals surface area (Å²) >= 11 is 3.51. The van der Waals surface area contributed by atoms with Crippen LogP contribution in [0.15, 0.2) is 59.1 Å². The second kappa shape index (κ2) is 8.20. The fraction of sp³-hybridized carbons (Fsp3) is 0.316. The Kier molecular flexibility index (Phi) is 5.75. The van der Waals surface area contributed by atoms with Crippen molar-refractivity contribution in [2.45, 2.75) is 13.0 Å². The molecule has 0 radical (unpaired) electrons. The van der Waals surface area contributed by atoms with Crippen LogP contribution in [-0.4, -0.2) is 25.7 Å². The third kappa shape index (κ3) is 4.74. The molecule has 5 heteroatoms. The highest BCUT2D eigenvalue weighted by Crippen LogP contribution is 2.25. The summed E-state index contributed by atoms with van der Waals surface area (Å²) in [6, 6.07) is 18.0. The number of carbonyl (C=O) groups is 1. The van der Waals surface area contributed by atoms with Gasteiger partial charge in [0, 0.05) is 29.8 Å². The molecule has 0 aliphatic carbocycles. The molecule has 1 atom stereocenters. The minimum absolute atomic E-state index is 0.307. The van der Waals surface area contributed by atoms with Gasteiger partial charge in [-0.3, -0.25) is 0 Å². The number of amides is 1. The summed E-state index contributed by atoms with van der Waals surface area (Å²) in [7, 11) is 0. The van der Waals surface area contributed by atoms with Crippen molar-refractivity contribution in [1.82, 2.24) is 5.32 Å². The van der Waals surface area contributed by atoms with E-state index in [1.54, 1.807) is 0 Å². The maximum atomic E-state index is 11.8. The summed E-state index contributed by atoms with van der Waals surface area (Å²) in [5.74, 6) is 0.452. The number of hydrogen-bond donors (Lipinski definition) is 1. The van der Waals surface area contributed by atoms with Crippen molar-refractivity contribution < 1.29 is 9.53 Å². The van der Waals surface area contributed by atoms with Gasteiger partial charge in [0.25, 0.3) is 0 Å². The molecule has 1 aliphatic heterocycles. The van der Waals surface area contributed by atoms with Crippen LogP contribution in [0.25, 0.3) is 0 Å².